The Morgan fingerprint density at radius 3 is 1.61 bits per heavy atom. The van der Waals surface area contributed by atoms with Crippen molar-refractivity contribution in [2.24, 2.45) is 5.41 Å². The summed E-state index contributed by atoms with van der Waals surface area (Å²) in [6.07, 6.45) is 1.12. The molecule has 0 saturated carbocycles. The number of esters is 1. The number of ether oxygens (including phenoxy) is 1. The third-order valence-electron chi connectivity index (χ3n) is 2.23. The SMILES string of the molecule is C=C(C)C(=O)OCC(CO)(CO)CO.O=C(O)/C=C\C(=O)O.[Ca+2].[H-].[H-]. The molecule has 0 aromatic rings. The van der Waals surface area contributed by atoms with Crippen molar-refractivity contribution in [3.05, 3.63) is 24.3 Å². The van der Waals surface area contributed by atoms with Gasteiger partial charge in [0.25, 0.3) is 0 Å². The van der Waals surface area contributed by atoms with E-state index in [0.29, 0.717) is 12.2 Å². The summed E-state index contributed by atoms with van der Waals surface area (Å²) in [7, 11) is 0. The summed E-state index contributed by atoms with van der Waals surface area (Å²) in [5.41, 5.74) is -0.946. The first kappa shape index (κ1) is 26.9. The first-order valence-corrected chi connectivity index (χ1v) is 5.93. The van der Waals surface area contributed by atoms with E-state index in [1.807, 2.05) is 0 Å². The van der Waals surface area contributed by atoms with Crippen LogP contribution in [0.2, 0.25) is 0 Å². The van der Waals surface area contributed by atoms with Gasteiger partial charge in [0.1, 0.15) is 6.61 Å². The number of aliphatic carboxylic acids is 2. The van der Waals surface area contributed by atoms with Gasteiger partial charge >= 0.3 is 55.6 Å². The van der Waals surface area contributed by atoms with Crippen LogP contribution in [0.3, 0.4) is 0 Å². The fraction of sp³-hybridized carbons (Fsp3) is 0.462. The Hall–Kier alpha value is -0.970. The fourth-order valence-corrected chi connectivity index (χ4v) is 0.771. The molecular weight excluding hydrogens is 340 g/mol. The number of carboxylic acid groups (broad SMARTS) is 2. The van der Waals surface area contributed by atoms with Crippen molar-refractivity contribution in [3.8, 4) is 0 Å². The van der Waals surface area contributed by atoms with Gasteiger partial charge in [-0.1, -0.05) is 6.58 Å². The van der Waals surface area contributed by atoms with Gasteiger partial charge in [-0.2, -0.15) is 0 Å². The Labute approximate surface area is 165 Å². The second-order valence-corrected chi connectivity index (χ2v) is 4.34. The zero-order valence-corrected chi connectivity index (χ0v) is 15.0. The number of carbonyl (C=O) groups excluding carboxylic acids is 1. The Morgan fingerprint density at radius 2 is 1.39 bits per heavy atom. The second kappa shape index (κ2) is 14.6. The van der Waals surface area contributed by atoms with Crippen LogP contribution in [0.15, 0.2) is 24.3 Å². The van der Waals surface area contributed by atoms with Crippen LogP contribution in [-0.2, 0) is 19.1 Å². The van der Waals surface area contributed by atoms with E-state index in [-0.39, 0.29) is 52.8 Å². The molecule has 0 unspecified atom stereocenters. The van der Waals surface area contributed by atoms with Crippen LogP contribution in [-0.4, -0.2) is 108 Å². The van der Waals surface area contributed by atoms with E-state index in [1.54, 1.807) is 0 Å². The molecule has 0 fully saturated rings. The van der Waals surface area contributed by atoms with E-state index in [0.717, 1.165) is 0 Å². The number of rotatable bonds is 8. The van der Waals surface area contributed by atoms with Crippen molar-refractivity contribution in [2.75, 3.05) is 26.4 Å². The predicted octanol–water partition coefficient (Wildman–Crippen LogP) is -1.37. The third kappa shape index (κ3) is 14.4. The number of carbonyl (C=O) groups is 3. The van der Waals surface area contributed by atoms with Gasteiger partial charge in [-0.25, -0.2) is 14.4 Å². The van der Waals surface area contributed by atoms with E-state index in [2.05, 4.69) is 6.58 Å². The summed E-state index contributed by atoms with van der Waals surface area (Å²) >= 11 is 0. The van der Waals surface area contributed by atoms with Gasteiger partial charge in [0, 0.05) is 17.7 Å². The van der Waals surface area contributed by atoms with Crippen molar-refractivity contribution in [1.82, 2.24) is 0 Å². The van der Waals surface area contributed by atoms with Crippen molar-refractivity contribution >= 4 is 55.6 Å². The van der Waals surface area contributed by atoms with Crippen molar-refractivity contribution < 1.29 is 47.5 Å². The predicted molar refractivity (Wildman–Crippen MR) is 81.9 cm³/mol. The van der Waals surface area contributed by atoms with Crippen molar-refractivity contribution in [2.45, 2.75) is 6.92 Å². The van der Waals surface area contributed by atoms with E-state index in [4.69, 9.17) is 30.3 Å². The van der Waals surface area contributed by atoms with Gasteiger partial charge < -0.3 is 33.1 Å². The molecule has 0 aliphatic rings. The molecule has 0 aromatic heterocycles. The molecule has 23 heavy (non-hydrogen) atoms. The molecule has 9 nitrogen and oxygen atoms in total. The van der Waals surface area contributed by atoms with E-state index in [9.17, 15) is 14.4 Å². The molecule has 10 heteroatoms. The van der Waals surface area contributed by atoms with Crippen LogP contribution in [0, 0.1) is 5.41 Å². The fourth-order valence-electron chi connectivity index (χ4n) is 0.771. The van der Waals surface area contributed by atoms with E-state index >= 15 is 0 Å². The molecule has 0 saturated heterocycles. The zero-order chi connectivity index (χ0) is 17.8. The van der Waals surface area contributed by atoms with E-state index in [1.165, 1.54) is 6.92 Å². The first-order chi connectivity index (χ1) is 10.1. The average Bonchev–Trinajstić information content (AvgIpc) is 2.47. The largest absolute Gasteiger partial charge is 2.00 e. The van der Waals surface area contributed by atoms with Crippen LogP contribution in [0.25, 0.3) is 0 Å². The molecule has 0 atom stereocenters. The van der Waals surface area contributed by atoms with Gasteiger partial charge in [0.05, 0.1) is 25.2 Å². The minimum absolute atomic E-state index is 0. The molecule has 0 bridgehead atoms. The van der Waals surface area contributed by atoms with Crippen molar-refractivity contribution in [3.63, 3.8) is 0 Å². The summed E-state index contributed by atoms with van der Waals surface area (Å²) in [5.74, 6) is -3.12. The maximum Gasteiger partial charge on any atom is 2.00 e. The number of carboxylic acids is 2. The van der Waals surface area contributed by atoms with Gasteiger partial charge in [-0.15, -0.1) is 0 Å². The summed E-state index contributed by atoms with van der Waals surface area (Å²) in [4.78, 5) is 30.1. The molecule has 0 rings (SSSR count). The Kier molecular flexibility index (Phi) is 17.1. The number of hydrogen-bond acceptors (Lipinski definition) is 7. The quantitative estimate of drug-likeness (QED) is 0.199. The van der Waals surface area contributed by atoms with Crippen LogP contribution >= 0.6 is 0 Å². The molecule has 0 spiro atoms. The summed E-state index contributed by atoms with van der Waals surface area (Å²) in [6, 6.07) is 0. The van der Waals surface area contributed by atoms with Crippen LogP contribution in [0.4, 0.5) is 0 Å². The molecule has 0 heterocycles. The minimum Gasteiger partial charge on any atom is -1.00 e. The standard InChI is InChI=1S/C9H16O5.C4H4O4.Ca.2H/c1-7(2)8(13)14-6-9(3-10,4-11)5-12;5-3(6)1-2-4(7)8;;;/h10-12H,1,3-6H2,2H3;1-2H,(H,5,6)(H,7,8);;;/q;;+2;2*-1/b;2-1-;;;. The average molecular weight is 362 g/mol. The summed E-state index contributed by atoms with van der Waals surface area (Å²) in [6.45, 7) is 3.26. The normalized spacial score (nSPS) is 10.1. The summed E-state index contributed by atoms with van der Waals surface area (Å²) in [5, 5.41) is 42.3. The molecular formula is C13H22CaO9. The number of hydrogen-bond donors (Lipinski definition) is 5. The maximum absolute atomic E-state index is 11.0. The first-order valence-electron chi connectivity index (χ1n) is 5.93. The van der Waals surface area contributed by atoms with Gasteiger partial charge in [-0.05, 0) is 6.92 Å². The zero-order valence-electron chi connectivity index (χ0n) is 14.8. The monoisotopic (exact) mass is 362 g/mol. The topological polar surface area (TPSA) is 162 Å². The van der Waals surface area contributed by atoms with Crippen LogP contribution in [0.5, 0.6) is 0 Å². The van der Waals surface area contributed by atoms with Crippen LogP contribution in [0.1, 0.15) is 9.78 Å². The Bertz CT molecular complexity index is 413. The van der Waals surface area contributed by atoms with Gasteiger partial charge in [0.15, 0.2) is 0 Å². The van der Waals surface area contributed by atoms with Gasteiger partial charge in [0.2, 0.25) is 0 Å². The van der Waals surface area contributed by atoms with Gasteiger partial charge in [-0.3, -0.25) is 0 Å². The molecule has 5 N–H and O–H groups in total. The maximum atomic E-state index is 11.0. The molecule has 0 aromatic carbocycles. The number of aliphatic hydroxyl groups is 3. The number of aliphatic hydroxyl groups excluding tert-OH is 3. The molecule has 0 amide bonds. The molecule has 130 valence electrons. The second-order valence-electron chi connectivity index (χ2n) is 4.34. The molecule has 0 aliphatic carbocycles. The van der Waals surface area contributed by atoms with E-state index < -0.39 is 43.1 Å². The third-order valence-corrected chi connectivity index (χ3v) is 2.23. The summed E-state index contributed by atoms with van der Waals surface area (Å²) < 4.78 is 4.72. The smallest absolute Gasteiger partial charge is 1.00 e. The van der Waals surface area contributed by atoms with Crippen LogP contribution < -0.4 is 0 Å². The molecule has 0 aliphatic heterocycles. The van der Waals surface area contributed by atoms with Crippen molar-refractivity contribution in [1.29, 1.82) is 0 Å². The Balaban J connectivity index is -0.000000106. The molecule has 0 radical (unpaired) electrons. The Morgan fingerprint density at radius 1 is 1.04 bits per heavy atom. The minimum atomic E-state index is -1.26.